The fourth-order valence-electron chi connectivity index (χ4n) is 1.63. The number of rotatable bonds is 5. The molecule has 18 heavy (non-hydrogen) atoms. The van der Waals surface area contributed by atoms with Crippen LogP contribution < -0.4 is 10.2 Å². The molecule has 1 amide bonds. The molecule has 5 heteroatoms. The third-order valence-corrected chi connectivity index (χ3v) is 3.05. The molecule has 0 heterocycles. The van der Waals surface area contributed by atoms with Crippen molar-refractivity contribution in [2.45, 2.75) is 6.92 Å². The molecule has 98 valence electrons. The molecule has 0 aliphatic heterocycles. The predicted molar refractivity (Wildman–Crippen MR) is 79.1 cm³/mol. The molecule has 0 saturated carbocycles. The molecule has 1 aromatic carbocycles. The van der Waals surface area contributed by atoms with Gasteiger partial charge in [0.05, 0.1) is 12.1 Å². The second-order valence-corrected chi connectivity index (χ2v) is 5.79. The third-order valence-electron chi connectivity index (χ3n) is 2.42. The van der Waals surface area contributed by atoms with Crippen molar-refractivity contribution in [3.05, 3.63) is 39.8 Å². The first-order chi connectivity index (χ1) is 8.38. The summed E-state index contributed by atoms with van der Waals surface area (Å²) in [5.41, 5.74) is 1.86. The Morgan fingerprint density at radius 1 is 1.50 bits per heavy atom. The summed E-state index contributed by atoms with van der Waals surface area (Å²) in [5.74, 6) is -0.0316. The highest BCUT2D eigenvalue weighted by Gasteiger charge is 2.11. The lowest BCUT2D eigenvalue weighted by atomic mass is 10.2. The van der Waals surface area contributed by atoms with Crippen molar-refractivity contribution in [1.29, 1.82) is 0 Å². The minimum Gasteiger partial charge on any atom is -0.325 e. The van der Waals surface area contributed by atoms with E-state index >= 15 is 0 Å². The summed E-state index contributed by atoms with van der Waals surface area (Å²) in [7, 11) is 1.90. The Kier molecular flexibility index (Phi) is 5.85. The lowest BCUT2D eigenvalue weighted by Crippen LogP contribution is -3.10. The highest BCUT2D eigenvalue weighted by atomic mass is 79.9. The number of halogens is 2. The highest BCUT2D eigenvalue weighted by Crippen LogP contribution is 2.19. The van der Waals surface area contributed by atoms with Gasteiger partial charge in [-0.05, 0) is 30.7 Å². The van der Waals surface area contributed by atoms with Gasteiger partial charge in [0.25, 0.3) is 5.91 Å². The number of hydrogen-bond acceptors (Lipinski definition) is 1. The summed E-state index contributed by atoms with van der Waals surface area (Å²) < 4.78 is 0.999. The largest absolute Gasteiger partial charge is 0.325 e. The number of aryl methyl sites for hydroxylation is 1. The molecular weight excluding hydrogens is 316 g/mol. The molecule has 1 rings (SSSR count). The van der Waals surface area contributed by atoms with Crippen molar-refractivity contribution in [2.75, 3.05) is 25.5 Å². The Morgan fingerprint density at radius 3 is 2.72 bits per heavy atom. The van der Waals surface area contributed by atoms with Crippen LogP contribution in [0.2, 0.25) is 0 Å². The van der Waals surface area contributed by atoms with Crippen LogP contribution in [0, 0.1) is 6.92 Å². The number of quaternary nitrogens is 1. The minimum absolute atomic E-state index is 0.0316. The Bertz CT molecular complexity index is 462. The number of anilines is 1. The van der Waals surface area contributed by atoms with Crippen LogP contribution in [0.4, 0.5) is 5.69 Å². The van der Waals surface area contributed by atoms with E-state index in [2.05, 4.69) is 27.8 Å². The molecule has 1 atom stereocenters. The van der Waals surface area contributed by atoms with E-state index < -0.39 is 0 Å². The Morgan fingerprint density at radius 2 is 2.17 bits per heavy atom. The first kappa shape index (κ1) is 15.2. The standard InChI is InChI=1S/C13H16BrClN2O/c1-9-6-11(14)4-5-12(9)16-13(18)8-17(3)7-10(2)15/h4-6H,2,7-8H2,1,3H3,(H,16,18)/p+1. The number of amides is 1. The average molecular weight is 333 g/mol. The summed E-state index contributed by atoms with van der Waals surface area (Å²) in [4.78, 5) is 12.8. The lowest BCUT2D eigenvalue weighted by Gasteiger charge is -2.14. The van der Waals surface area contributed by atoms with Crippen LogP contribution in [0.1, 0.15) is 5.56 Å². The zero-order chi connectivity index (χ0) is 13.7. The quantitative estimate of drug-likeness (QED) is 0.849. The summed E-state index contributed by atoms with van der Waals surface area (Å²) in [6.07, 6.45) is 0. The molecule has 1 aromatic rings. The maximum absolute atomic E-state index is 11.8. The second kappa shape index (κ2) is 6.92. The van der Waals surface area contributed by atoms with Gasteiger partial charge in [0.15, 0.2) is 6.54 Å². The van der Waals surface area contributed by atoms with Crippen LogP contribution in [0.15, 0.2) is 34.3 Å². The maximum atomic E-state index is 11.8. The van der Waals surface area contributed by atoms with Crippen molar-refractivity contribution >= 4 is 39.1 Å². The summed E-state index contributed by atoms with van der Waals surface area (Å²) >= 11 is 9.10. The molecule has 0 radical (unpaired) electrons. The molecule has 0 bridgehead atoms. The lowest BCUT2D eigenvalue weighted by molar-refractivity contribution is -0.865. The number of carbonyl (C=O) groups excluding carboxylic acids is 1. The predicted octanol–water partition coefficient (Wildman–Crippen LogP) is 1.96. The summed E-state index contributed by atoms with van der Waals surface area (Å²) in [6.45, 7) is 6.51. The zero-order valence-electron chi connectivity index (χ0n) is 10.5. The first-order valence-corrected chi connectivity index (χ1v) is 6.76. The van der Waals surface area contributed by atoms with Crippen LogP contribution in [-0.2, 0) is 4.79 Å². The number of hydrogen-bond donors (Lipinski definition) is 2. The molecule has 0 aliphatic rings. The van der Waals surface area contributed by atoms with E-state index in [4.69, 9.17) is 11.6 Å². The van der Waals surface area contributed by atoms with E-state index in [9.17, 15) is 4.79 Å². The second-order valence-electron chi connectivity index (χ2n) is 4.34. The smallest absolute Gasteiger partial charge is 0.279 e. The minimum atomic E-state index is -0.0316. The molecular formula is C13H17BrClN2O+. The molecule has 0 aromatic heterocycles. The fraction of sp³-hybridized carbons (Fsp3) is 0.308. The van der Waals surface area contributed by atoms with E-state index in [1.54, 1.807) is 0 Å². The summed E-state index contributed by atoms with van der Waals surface area (Å²) in [6, 6.07) is 5.75. The topological polar surface area (TPSA) is 33.5 Å². The van der Waals surface area contributed by atoms with Gasteiger partial charge in [-0.1, -0.05) is 34.1 Å². The van der Waals surface area contributed by atoms with E-state index in [1.807, 2.05) is 32.2 Å². The molecule has 0 fully saturated rings. The van der Waals surface area contributed by atoms with Crippen molar-refractivity contribution in [2.24, 2.45) is 0 Å². The van der Waals surface area contributed by atoms with Gasteiger partial charge in [-0.25, -0.2) is 0 Å². The van der Waals surface area contributed by atoms with Crippen LogP contribution in [0.3, 0.4) is 0 Å². The Balaban J connectivity index is 2.56. The van der Waals surface area contributed by atoms with E-state index in [-0.39, 0.29) is 5.91 Å². The van der Waals surface area contributed by atoms with Crippen LogP contribution >= 0.6 is 27.5 Å². The first-order valence-electron chi connectivity index (χ1n) is 5.59. The Labute approximate surface area is 121 Å². The van der Waals surface area contributed by atoms with E-state index in [0.717, 1.165) is 20.6 Å². The van der Waals surface area contributed by atoms with Crippen molar-refractivity contribution < 1.29 is 9.69 Å². The van der Waals surface area contributed by atoms with Gasteiger partial charge in [-0.3, -0.25) is 4.79 Å². The van der Waals surface area contributed by atoms with Gasteiger partial charge in [0.1, 0.15) is 6.54 Å². The van der Waals surface area contributed by atoms with Crippen molar-refractivity contribution in [1.82, 2.24) is 0 Å². The van der Waals surface area contributed by atoms with E-state index in [1.165, 1.54) is 0 Å². The van der Waals surface area contributed by atoms with Crippen molar-refractivity contribution in [3.8, 4) is 0 Å². The summed E-state index contributed by atoms with van der Waals surface area (Å²) in [5, 5.41) is 3.44. The number of likely N-dealkylation sites (N-methyl/N-ethyl adjacent to an activating group) is 1. The normalized spacial score (nSPS) is 12.0. The van der Waals surface area contributed by atoms with Crippen LogP contribution in [0.5, 0.6) is 0 Å². The molecule has 2 N–H and O–H groups in total. The molecule has 0 spiro atoms. The third kappa shape index (κ3) is 5.21. The highest BCUT2D eigenvalue weighted by molar-refractivity contribution is 9.10. The van der Waals surface area contributed by atoms with Gasteiger partial charge in [0.2, 0.25) is 0 Å². The van der Waals surface area contributed by atoms with Gasteiger partial charge in [-0.2, -0.15) is 0 Å². The molecule has 1 unspecified atom stereocenters. The van der Waals surface area contributed by atoms with Crippen LogP contribution in [-0.4, -0.2) is 26.0 Å². The SMILES string of the molecule is C=C(Cl)C[NH+](C)CC(=O)Nc1ccc(Br)cc1C. The van der Waals surface area contributed by atoms with Gasteiger partial charge in [0, 0.05) is 10.2 Å². The monoisotopic (exact) mass is 331 g/mol. The van der Waals surface area contributed by atoms with Crippen molar-refractivity contribution in [3.63, 3.8) is 0 Å². The molecule has 0 saturated heterocycles. The average Bonchev–Trinajstić information content (AvgIpc) is 2.20. The Hall–Kier alpha value is -0.840. The van der Waals surface area contributed by atoms with Gasteiger partial charge < -0.3 is 10.2 Å². The van der Waals surface area contributed by atoms with Crippen LogP contribution in [0.25, 0.3) is 0 Å². The number of benzene rings is 1. The van der Waals surface area contributed by atoms with E-state index in [0.29, 0.717) is 18.1 Å². The maximum Gasteiger partial charge on any atom is 0.279 e. The zero-order valence-corrected chi connectivity index (χ0v) is 12.9. The number of carbonyl (C=O) groups is 1. The van der Waals surface area contributed by atoms with Gasteiger partial charge >= 0.3 is 0 Å². The fourth-order valence-corrected chi connectivity index (χ4v) is 2.33. The number of nitrogens with one attached hydrogen (secondary N) is 2. The molecule has 3 nitrogen and oxygen atoms in total. The van der Waals surface area contributed by atoms with Gasteiger partial charge in [-0.15, -0.1) is 0 Å². The molecule has 0 aliphatic carbocycles.